The topological polar surface area (TPSA) is 44.1 Å². The molecule has 0 unspecified atom stereocenters. The van der Waals surface area contributed by atoms with Crippen LogP contribution in [0.1, 0.15) is 43.9 Å². The highest BCUT2D eigenvalue weighted by atomic mass is 16.5. The van der Waals surface area contributed by atoms with Crippen LogP contribution in [0.5, 0.6) is 0 Å². The normalized spacial score (nSPS) is 10.9. The second-order valence-corrected chi connectivity index (χ2v) is 4.34. The van der Waals surface area contributed by atoms with Crippen molar-refractivity contribution in [3.05, 3.63) is 11.4 Å². The molecule has 0 fully saturated rings. The molecule has 0 aliphatic heterocycles. The Hall–Kier alpha value is -1.26. The predicted octanol–water partition coefficient (Wildman–Crippen LogP) is 1.07. The molecule has 1 heterocycles. The van der Waals surface area contributed by atoms with Gasteiger partial charge in [0, 0.05) is 12.2 Å². The number of aromatic nitrogens is 2. The summed E-state index contributed by atoms with van der Waals surface area (Å²) in [5.74, 6) is 0.0246. The van der Waals surface area contributed by atoms with E-state index >= 15 is 0 Å². The number of hydrogen-bond donors (Lipinski definition) is 0. The van der Waals surface area contributed by atoms with E-state index in [0.29, 0.717) is 24.5 Å². The van der Waals surface area contributed by atoms with E-state index in [1.165, 1.54) is 0 Å². The molecule has 0 aliphatic carbocycles. The fraction of sp³-hybridized carbons (Fsp3) is 0.667. The molecule has 0 atom stereocenters. The van der Waals surface area contributed by atoms with Crippen molar-refractivity contribution in [2.75, 3.05) is 6.61 Å². The van der Waals surface area contributed by atoms with Gasteiger partial charge in [-0.05, 0) is 31.6 Å². The highest BCUT2D eigenvalue weighted by molar-refractivity contribution is 6.36. The molecule has 0 aromatic carbocycles. The average molecular weight is 234 g/mol. The standard InChI is InChI=1S/C12H19BN2O2/c1-5-15-9(7-8(3)4)10(13)11(14-15)12(16)17-6-2/h8H,5-7H2,1-4H3. The molecule has 2 radical (unpaired) electrons. The van der Waals surface area contributed by atoms with Crippen molar-refractivity contribution < 1.29 is 9.53 Å². The van der Waals surface area contributed by atoms with Gasteiger partial charge in [-0.1, -0.05) is 13.8 Å². The number of ether oxygens (including phenoxy) is 1. The van der Waals surface area contributed by atoms with Crippen molar-refractivity contribution in [2.45, 2.75) is 40.7 Å². The van der Waals surface area contributed by atoms with Gasteiger partial charge in [-0.25, -0.2) is 4.79 Å². The van der Waals surface area contributed by atoms with Crippen LogP contribution >= 0.6 is 0 Å². The van der Waals surface area contributed by atoms with Gasteiger partial charge in [0.15, 0.2) is 5.69 Å². The van der Waals surface area contributed by atoms with Crippen LogP contribution in [-0.2, 0) is 17.7 Å². The number of carbonyl (C=O) groups excluding carboxylic acids is 1. The predicted molar refractivity (Wildman–Crippen MR) is 67.8 cm³/mol. The Morgan fingerprint density at radius 1 is 1.47 bits per heavy atom. The third-order valence-corrected chi connectivity index (χ3v) is 2.47. The average Bonchev–Trinajstić information content (AvgIpc) is 2.56. The summed E-state index contributed by atoms with van der Waals surface area (Å²) >= 11 is 0. The maximum Gasteiger partial charge on any atom is 0.358 e. The van der Waals surface area contributed by atoms with Crippen LogP contribution in [0.15, 0.2) is 0 Å². The third-order valence-electron chi connectivity index (χ3n) is 2.47. The largest absolute Gasteiger partial charge is 0.461 e. The smallest absolute Gasteiger partial charge is 0.358 e. The van der Waals surface area contributed by atoms with Gasteiger partial charge in [-0.15, -0.1) is 0 Å². The van der Waals surface area contributed by atoms with Gasteiger partial charge in [0.1, 0.15) is 7.85 Å². The van der Waals surface area contributed by atoms with E-state index in [1.807, 2.05) is 6.92 Å². The maximum atomic E-state index is 11.7. The molecule has 1 aromatic rings. The summed E-state index contributed by atoms with van der Waals surface area (Å²) < 4.78 is 6.71. The minimum Gasteiger partial charge on any atom is -0.461 e. The van der Waals surface area contributed by atoms with Crippen molar-refractivity contribution >= 4 is 19.3 Å². The first-order valence-corrected chi connectivity index (χ1v) is 6.03. The number of nitrogens with zero attached hydrogens (tertiary/aromatic N) is 2. The zero-order valence-electron chi connectivity index (χ0n) is 11.0. The van der Waals surface area contributed by atoms with Gasteiger partial charge in [-0.3, -0.25) is 4.68 Å². The first-order chi connectivity index (χ1) is 8.01. The van der Waals surface area contributed by atoms with E-state index in [0.717, 1.165) is 12.1 Å². The second kappa shape index (κ2) is 5.89. The summed E-state index contributed by atoms with van der Waals surface area (Å²) in [6, 6.07) is 0. The summed E-state index contributed by atoms with van der Waals surface area (Å²) in [6.45, 7) is 8.99. The van der Waals surface area contributed by atoms with Crippen LogP contribution < -0.4 is 5.46 Å². The Labute approximate surface area is 104 Å². The minimum atomic E-state index is -0.442. The maximum absolute atomic E-state index is 11.7. The lowest BCUT2D eigenvalue weighted by atomic mass is 9.89. The van der Waals surface area contributed by atoms with E-state index < -0.39 is 5.97 Å². The first kappa shape index (κ1) is 13.8. The van der Waals surface area contributed by atoms with Crippen molar-refractivity contribution in [1.29, 1.82) is 0 Å². The number of aryl methyl sites for hydroxylation is 1. The van der Waals surface area contributed by atoms with Crippen molar-refractivity contribution in [3.63, 3.8) is 0 Å². The molecule has 0 saturated heterocycles. The highest BCUT2D eigenvalue weighted by Gasteiger charge is 2.20. The molecule has 1 aromatic heterocycles. The molecule has 4 nitrogen and oxygen atoms in total. The quantitative estimate of drug-likeness (QED) is 0.565. The van der Waals surface area contributed by atoms with Crippen LogP contribution in [0, 0.1) is 5.92 Å². The molecular weight excluding hydrogens is 215 g/mol. The summed E-state index contributed by atoms with van der Waals surface area (Å²) in [4.78, 5) is 11.7. The molecule has 0 saturated carbocycles. The number of rotatable bonds is 5. The van der Waals surface area contributed by atoms with Gasteiger partial charge < -0.3 is 4.74 Å². The van der Waals surface area contributed by atoms with Gasteiger partial charge in [0.25, 0.3) is 0 Å². The summed E-state index contributed by atoms with van der Waals surface area (Å²) in [5.41, 5.74) is 1.62. The van der Waals surface area contributed by atoms with Crippen molar-refractivity contribution in [1.82, 2.24) is 9.78 Å². The lowest BCUT2D eigenvalue weighted by molar-refractivity contribution is 0.0520. The van der Waals surface area contributed by atoms with E-state index in [2.05, 4.69) is 18.9 Å². The summed E-state index contributed by atoms with van der Waals surface area (Å²) in [7, 11) is 5.98. The number of hydrogen-bond acceptors (Lipinski definition) is 3. The van der Waals surface area contributed by atoms with Gasteiger partial charge in [0.05, 0.1) is 6.61 Å². The second-order valence-electron chi connectivity index (χ2n) is 4.34. The Bertz CT molecular complexity index is 399. The number of esters is 1. The van der Waals surface area contributed by atoms with E-state index in [1.54, 1.807) is 11.6 Å². The van der Waals surface area contributed by atoms with E-state index in [-0.39, 0.29) is 5.69 Å². The molecular formula is C12H19BN2O2. The monoisotopic (exact) mass is 234 g/mol. The molecule has 0 bridgehead atoms. The Balaban J connectivity index is 3.09. The minimum absolute atomic E-state index is 0.240. The van der Waals surface area contributed by atoms with Crippen LogP contribution in [0.4, 0.5) is 0 Å². The van der Waals surface area contributed by atoms with Crippen LogP contribution in [0.25, 0.3) is 0 Å². The molecule has 0 spiro atoms. The van der Waals surface area contributed by atoms with Crippen molar-refractivity contribution in [3.8, 4) is 0 Å². The van der Waals surface area contributed by atoms with E-state index in [9.17, 15) is 4.79 Å². The molecule has 1 rings (SSSR count). The van der Waals surface area contributed by atoms with Gasteiger partial charge in [-0.2, -0.15) is 5.10 Å². The van der Waals surface area contributed by atoms with Gasteiger partial charge in [0.2, 0.25) is 0 Å². The van der Waals surface area contributed by atoms with Gasteiger partial charge >= 0.3 is 5.97 Å². The molecule has 0 amide bonds. The Kier molecular flexibility index (Phi) is 4.79. The van der Waals surface area contributed by atoms with E-state index in [4.69, 9.17) is 12.6 Å². The highest BCUT2D eigenvalue weighted by Crippen LogP contribution is 2.08. The molecule has 17 heavy (non-hydrogen) atoms. The van der Waals surface area contributed by atoms with Crippen LogP contribution in [-0.4, -0.2) is 30.2 Å². The third kappa shape index (κ3) is 3.11. The summed E-state index contributed by atoms with van der Waals surface area (Å²) in [5, 5.41) is 4.22. The van der Waals surface area contributed by atoms with Crippen LogP contribution in [0.2, 0.25) is 0 Å². The summed E-state index contributed by atoms with van der Waals surface area (Å²) in [6.07, 6.45) is 0.812. The fourth-order valence-corrected chi connectivity index (χ4v) is 1.72. The zero-order valence-corrected chi connectivity index (χ0v) is 11.0. The molecule has 5 heteroatoms. The molecule has 0 aliphatic rings. The molecule has 92 valence electrons. The Morgan fingerprint density at radius 2 is 2.12 bits per heavy atom. The Morgan fingerprint density at radius 3 is 2.59 bits per heavy atom. The SMILES string of the molecule is [B]c1c(C(=O)OCC)nn(CC)c1CC(C)C. The fourth-order valence-electron chi connectivity index (χ4n) is 1.72. The zero-order chi connectivity index (χ0) is 13.0. The lowest BCUT2D eigenvalue weighted by Gasteiger charge is -2.08. The van der Waals surface area contributed by atoms with Crippen LogP contribution in [0.3, 0.4) is 0 Å². The number of carbonyl (C=O) groups is 1. The first-order valence-electron chi connectivity index (χ1n) is 6.03. The molecule has 0 N–H and O–H groups in total. The van der Waals surface area contributed by atoms with Crippen molar-refractivity contribution in [2.24, 2.45) is 5.92 Å². The lowest BCUT2D eigenvalue weighted by Crippen LogP contribution is -2.20.